The molecule has 0 aromatic rings. The molecule has 0 aromatic carbocycles. The molecule has 0 atom stereocenters. The lowest BCUT2D eigenvalue weighted by atomic mass is 10.3. The van der Waals surface area contributed by atoms with Crippen molar-refractivity contribution in [2.45, 2.75) is 104 Å². The monoisotopic (exact) mass is 1140 g/mol. The van der Waals surface area contributed by atoms with E-state index in [2.05, 4.69) is 78.4 Å². The van der Waals surface area contributed by atoms with Crippen LogP contribution in [0.1, 0.15) is 104 Å². The van der Waals surface area contributed by atoms with Gasteiger partial charge in [0.05, 0.1) is 37.6 Å². The van der Waals surface area contributed by atoms with Gasteiger partial charge in [-0.05, 0) is 85.1 Å². The number of hydrogen-bond donors (Lipinski definition) is 3. The number of methoxy groups -OCH3 is 3. The lowest BCUT2D eigenvalue weighted by molar-refractivity contribution is -0.150. The molecule has 0 heterocycles. The number of thioether (sulfide) groups is 2. The fourth-order valence-electron chi connectivity index (χ4n) is 0.144. The molecule has 2 amide bonds. The number of nitrogens with one attached hydrogen (secondary N) is 3. The summed E-state index contributed by atoms with van der Waals surface area (Å²) < 4.78 is 35.5. The van der Waals surface area contributed by atoms with Crippen LogP contribution in [0.5, 0.6) is 0 Å². The number of carbonyl (C=O) groups excluding carboxylic acids is 9. The van der Waals surface area contributed by atoms with Gasteiger partial charge in [0.2, 0.25) is 27.6 Å². The SMILES string of the molecule is CC(=O)C(C)=O.CC(=O)N(C)C.CC(=S)N(C)C.CC(C)=O.CC(C)=S.CNC(C)=O.CNC(C)=S.CNS(C)(=O)=O.COC(=O)C(C)=O.COC(C)=O.COC(C)=S.CSC(C)=O.CSC(C)=S. The van der Waals surface area contributed by atoms with Crippen LogP contribution in [-0.2, 0) is 67.4 Å². The third-order valence-electron chi connectivity index (χ3n) is 4.45. The third kappa shape index (κ3) is 288. The number of amides is 2. The van der Waals surface area contributed by atoms with Crippen molar-refractivity contribution in [3.05, 3.63) is 0 Å². The average Bonchev–Trinajstić information content (AvgIpc) is 3.21. The van der Waals surface area contributed by atoms with E-state index in [0.717, 1.165) is 32.2 Å². The summed E-state index contributed by atoms with van der Waals surface area (Å²) in [5.41, 5.74) is 0. The van der Waals surface area contributed by atoms with Crippen LogP contribution in [0.15, 0.2) is 0 Å². The van der Waals surface area contributed by atoms with Crippen LogP contribution in [0.4, 0.5) is 0 Å². The molecule has 0 saturated heterocycles. The number of carbonyl (C=O) groups is 9. The molecule has 27 heteroatoms. The molecule has 0 unspecified atom stereocenters. The van der Waals surface area contributed by atoms with Gasteiger partial charge in [-0.2, -0.15) is 0 Å². The molecule has 0 fully saturated rings. The summed E-state index contributed by atoms with van der Waals surface area (Å²) in [5, 5.41) is 5.91. The highest BCUT2D eigenvalue weighted by molar-refractivity contribution is 8.22. The van der Waals surface area contributed by atoms with Crippen LogP contribution in [-0.4, -0.2) is 184 Å². The Balaban J connectivity index is -0.0000000449. The standard InChI is InChI=1S/C4H9NO.C4H9NS.C4H6O3.C4H6O2.C3H7NO.C3H7NS.C3H6O2.2C3H6OS.C3H6O.C3H6S2.C3H6S.C2H7NO2S/c2*1-4(6)5(2)3;1-3(5)4(6)7-2;1-3(5)4(2)6;2*1-3(5)4-2;2*1-3(4)5-2;1-3(5)4-2;1-3(2)4;1-3(4)5-2;1-3(2)4;1-3-6(2,4)5/h2*1-3H3;1-2H3;1-2H3;2*1-2H3,(H,4,5);3*1-2H3;1-2H3;1-2H3;1-2H3;3H,1-2H3. The molecule has 0 aromatic heterocycles. The molecule has 0 rings (SSSR count). The van der Waals surface area contributed by atoms with Gasteiger partial charge >= 0.3 is 11.9 Å². The van der Waals surface area contributed by atoms with Crippen LogP contribution in [0, 0.1) is 0 Å². The van der Waals surface area contributed by atoms with E-state index >= 15 is 0 Å². The Morgan fingerprint density at radius 2 is 0.710 bits per heavy atom. The molecule has 0 bridgehead atoms. The summed E-state index contributed by atoms with van der Waals surface area (Å²) in [6, 6.07) is 0. The second-order valence-corrected chi connectivity index (χ2v) is 19.6. The van der Waals surface area contributed by atoms with Crippen molar-refractivity contribution in [2.75, 3.05) is 89.4 Å². The highest BCUT2D eigenvalue weighted by Gasteiger charge is 2.03. The first-order valence-corrected chi connectivity index (χ1v) is 25.5. The Labute approximate surface area is 452 Å². The summed E-state index contributed by atoms with van der Waals surface area (Å²) in [6.45, 7) is 23.8. The molecule has 0 aliphatic rings. The first-order chi connectivity index (χ1) is 30.8. The number of hydrogen-bond acceptors (Lipinski definition) is 21. The van der Waals surface area contributed by atoms with Gasteiger partial charge in [0.1, 0.15) is 5.78 Å². The van der Waals surface area contributed by atoms with Gasteiger partial charge in [-0.3, -0.25) is 33.6 Å². The molecule has 69 heavy (non-hydrogen) atoms. The maximum atomic E-state index is 10.1. The maximum Gasteiger partial charge on any atom is 0.374 e. The molecule has 0 aliphatic heterocycles. The van der Waals surface area contributed by atoms with Crippen molar-refractivity contribution in [3.8, 4) is 0 Å². The summed E-state index contributed by atoms with van der Waals surface area (Å²) in [6.07, 6.45) is 4.84. The summed E-state index contributed by atoms with van der Waals surface area (Å²) in [5.74, 6) is -2.10. The average molecular weight is 1140 g/mol. The largest absolute Gasteiger partial charge is 0.491 e. The smallest absolute Gasteiger partial charge is 0.374 e. The van der Waals surface area contributed by atoms with Gasteiger partial charge < -0.3 is 39.4 Å². The normalized spacial score (nSPS) is 7.65. The number of ketones is 4. The quantitative estimate of drug-likeness (QED) is 0.163. The second-order valence-electron chi connectivity index (χ2n) is 12.2. The first-order valence-electron chi connectivity index (χ1n) is 19.1. The first kappa shape index (κ1) is 99.0. The van der Waals surface area contributed by atoms with Gasteiger partial charge in [-0.25, -0.2) is 17.9 Å². The molecule has 19 nitrogen and oxygen atoms in total. The summed E-state index contributed by atoms with van der Waals surface area (Å²) in [4.78, 5) is 94.2. The Hall–Kier alpha value is -3.31. The van der Waals surface area contributed by atoms with E-state index in [4.69, 9.17) is 12.2 Å². The molecule has 412 valence electrons. The number of esters is 2. The van der Waals surface area contributed by atoms with Crippen molar-refractivity contribution in [1.29, 1.82) is 0 Å². The fraction of sp³-hybridized carbons (Fsp3) is 0.667. The van der Waals surface area contributed by atoms with Gasteiger partial charge in [0.25, 0.3) is 0 Å². The van der Waals surface area contributed by atoms with Crippen LogP contribution in [0.2, 0.25) is 0 Å². The zero-order chi connectivity index (χ0) is 59.4. The van der Waals surface area contributed by atoms with E-state index in [1.807, 2.05) is 66.9 Å². The number of Topliss-reactive ketones (excluding diaryl/α,β-unsaturated/α-hetero) is 4. The van der Waals surface area contributed by atoms with Crippen LogP contribution >= 0.6 is 84.6 Å². The Morgan fingerprint density at radius 1 is 0.522 bits per heavy atom. The van der Waals surface area contributed by atoms with Crippen LogP contribution in [0.25, 0.3) is 0 Å². The zero-order valence-corrected chi connectivity index (χ0v) is 52.9. The van der Waals surface area contributed by atoms with Crippen molar-refractivity contribution in [1.82, 2.24) is 25.2 Å². The highest BCUT2D eigenvalue weighted by Crippen LogP contribution is 1.93. The number of rotatable bonds is 3. The van der Waals surface area contributed by atoms with E-state index < -0.39 is 21.8 Å². The molecule has 0 aliphatic carbocycles. The number of sulfonamides is 1. The van der Waals surface area contributed by atoms with Crippen molar-refractivity contribution in [2.24, 2.45) is 0 Å². The summed E-state index contributed by atoms with van der Waals surface area (Å²) >= 11 is 25.9. The van der Waals surface area contributed by atoms with E-state index in [1.54, 1.807) is 60.1 Å². The molecule has 0 saturated carbocycles. The molecular formula is C42H87N5O14S8. The van der Waals surface area contributed by atoms with Crippen molar-refractivity contribution in [3.63, 3.8) is 0 Å². The highest BCUT2D eigenvalue weighted by atomic mass is 32.2. The van der Waals surface area contributed by atoms with Gasteiger partial charge in [-0.1, -0.05) is 60.6 Å². The lowest BCUT2D eigenvalue weighted by Gasteiger charge is -2.06. The second kappa shape index (κ2) is 76.2. The predicted molar refractivity (Wildman–Crippen MR) is 311 cm³/mol. The van der Waals surface area contributed by atoms with E-state index in [1.165, 1.54) is 86.4 Å². The van der Waals surface area contributed by atoms with Gasteiger partial charge in [0.15, 0.2) is 21.7 Å². The van der Waals surface area contributed by atoms with Crippen molar-refractivity contribution < 1.29 is 65.8 Å². The maximum absolute atomic E-state index is 10.1. The molecule has 0 spiro atoms. The van der Waals surface area contributed by atoms with E-state index in [0.29, 0.717) is 5.05 Å². The van der Waals surface area contributed by atoms with Gasteiger partial charge in [0, 0.05) is 102 Å². The van der Waals surface area contributed by atoms with Crippen LogP contribution in [0.3, 0.4) is 0 Å². The fourth-order valence-corrected chi connectivity index (χ4v) is 0.144. The third-order valence-corrected chi connectivity index (χ3v) is 7.58. The molecule has 0 radical (unpaired) electrons. The minimum absolute atomic E-state index is 0.00463. The molecular weight excluding hydrogens is 1060 g/mol. The number of thiocarbonyl (C=S) groups is 5. The summed E-state index contributed by atoms with van der Waals surface area (Å²) in [7, 11) is 13.3. The van der Waals surface area contributed by atoms with E-state index in [9.17, 15) is 51.6 Å². The molecule has 3 N–H and O–H groups in total. The van der Waals surface area contributed by atoms with Crippen LogP contribution < -0.4 is 15.4 Å². The zero-order valence-electron chi connectivity index (χ0n) is 46.4. The minimum atomic E-state index is -2.91. The number of ether oxygens (including phenoxy) is 3. The minimum Gasteiger partial charge on any atom is -0.491 e. The Kier molecular flexibility index (Phi) is 109. The Morgan fingerprint density at radius 3 is 0.710 bits per heavy atom. The predicted octanol–water partition coefficient (Wildman–Crippen LogP) is 6.12. The lowest BCUT2D eigenvalue weighted by Crippen LogP contribution is -2.17. The topological polar surface area (TPSA) is 258 Å². The van der Waals surface area contributed by atoms with E-state index in [-0.39, 0.29) is 40.2 Å². The number of nitrogens with zero attached hydrogens (tertiary/aromatic N) is 2. The Bertz CT molecular complexity index is 1400. The van der Waals surface area contributed by atoms with Crippen molar-refractivity contribution >= 4 is 171 Å². The van der Waals surface area contributed by atoms with Gasteiger partial charge in [-0.15, -0.1) is 11.8 Å².